The van der Waals surface area contributed by atoms with E-state index in [4.69, 9.17) is 0 Å². The van der Waals surface area contributed by atoms with Crippen molar-refractivity contribution in [2.45, 2.75) is 70.8 Å². The van der Waals surface area contributed by atoms with Crippen LogP contribution in [-0.4, -0.2) is 43.6 Å². The van der Waals surface area contributed by atoms with Gasteiger partial charge in [-0.1, -0.05) is 6.42 Å². The average Bonchev–Trinajstić information content (AvgIpc) is 3.18. The molecule has 4 heterocycles. The number of carbonyl (C=O) groups excluding carboxylic acids is 1. The summed E-state index contributed by atoms with van der Waals surface area (Å²) in [6.45, 7) is 4.76. The van der Waals surface area contributed by atoms with E-state index >= 15 is 0 Å². The quantitative estimate of drug-likeness (QED) is 0.826. The van der Waals surface area contributed by atoms with Crippen molar-refractivity contribution >= 4 is 17.2 Å². The van der Waals surface area contributed by atoms with Crippen LogP contribution in [0.25, 0.3) is 0 Å². The van der Waals surface area contributed by atoms with E-state index in [1.807, 2.05) is 17.3 Å². The van der Waals surface area contributed by atoms with Gasteiger partial charge in [0.25, 0.3) is 0 Å². The Kier molecular flexibility index (Phi) is 5.33. The lowest BCUT2D eigenvalue weighted by molar-refractivity contribution is -0.132. The molecule has 0 aliphatic carbocycles. The molecule has 0 bridgehead atoms. The lowest BCUT2D eigenvalue weighted by atomic mass is 9.95. The van der Waals surface area contributed by atoms with Gasteiger partial charge in [0.2, 0.25) is 5.91 Å². The van der Waals surface area contributed by atoms with Crippen molar-refractivity contribution in [3.8, 4) is 0 Å². The number of carbonyl (C=O) groups is 1. The van der Waals surface area contributed by atoms with E-state index in [1.54, 1.807) is 11.3 Å². The molecule has 2 aliphatic rings. The van der Waals surface area contributed by atoms with Crippen LogP contribution >= 0.6 is 11.3 Å². The molecule has 1 amide bonds. The minimum Gasteiger partial charge on any atom is -0.343 e. The van der Waals surface area contributed by atoms with E-state index in [0.717, 1.165) is 62.7 Å². The predicted octanol–water partition coefficient (Wildman–Crippen LogP) is 3.11. The highest BCUT2D eigenvalue weighted by Gasteiger charge is 2.28. The van der Waals surface area contributed by atoms with E-state index in [9.17, 15) is 4.79 Å². The maximum Gasteiger partial charge on any atom is 0.222 e. The van der Waals surface area contributed by atoms with E-state index in [1.165, 1.54) is 24.1 Å². The molecule has 0 saturated carbocycles. The fourth-order valence-corrected chi connectivity index (χ4v) is 4.92. The standard InChI is InChI=1S/C19H27N5OS/c1-14-16(26-13-20-14)6-7-18(25)23-11-8-15(9-12-23)19-22-21-17-5-3-2-4-10-24(17)19/h13,15H,2-12H2,1H3. The van der Waals surface area contributed by atoms with Crippen LogP contribution in [0.1, 0.15) is 66.7 Å². The van der Waals surface area contributed by atoms with Crippen molar-refractivity contribution in [1.29, 1.82) is 0 Å². The fraction of sp³-hybridized carbons (Fsp3) is 0.684. The zero-order chi connectivity index (χ0) is 17.9. The van der Waals surface area contributed by atoms with Gasteiger partial charge in [-0.15, -0.1) is 21.5 Å². The monoisotopic (exact) mass is 373 g/mol. The van der Waals surface area contributed by atoms with Crippen molar-refractivity contribution in [1.82, 2.24) is 24.6 Å². The summed E-state index contributed by atoms with van der Waals surface area (Å²) in [4.78, 5) is 20.1. The molecule has 0 aromatic carbocycles. The smallest absolute Gasteiger partial charge is 0.222 e. The Hall–Kier alpha value is -1.76. The van der Waals surface area contributed by atoms with Gasteiger partial charge < -0.3 is 9.47 Å². The van der Waals surface area contributed by atoms with Gasteiger partial charge in [-0.25, -0.2) is 4.98 Å². The Morgan fingerprint density at radius 2 is 2.04 bits per heavy atom. The number of thiazole rings is 1. The summed E-state index contributed by atoms with van der Waals surface area (Å²) in [6, 6.07) is 0. The molecule has 6 nitrogen and oxygen atoms in total. The van der Waals surface area contributed by atoms with Gasteiger partial charge in [0.05, 0.1) is 11.2 Å². The molecule has 2 aromatic heterocycles. The first-order valence-corrected chi connectivity index (χ1v) is 10.7. The molecular weight excluding hydrogens is 346 g/mol. The number of amides is 1. The lowest BCUT2D eigenvalue weighted by Gasteiger charge is -2.31. The van der Waals surface area contributed by atoms with Crippen molar-refractivity contribution in [2.24, 2.45) is 0 Å². The van der Waals surface area contributed by atoms with Gasteiger partial charge in [0, 0.05) is 43.3 Å². The Bertz CT molecular complexity index is 760. The van der Waals surface area contributed by atoms with Crippen LogP contribution in [-0.2, 0) is 24.2 Å². The van der Waals surface area contributed by atoms with E-state index in [2.05, 4.69) is 19.7 Å². The maximum absolute atomic E-state index is 12.6. The Morgan fingerprint density at radius 3 is 2.81 bits per heavy atom. The number of fused-ring (bicyclic) bond motifs is 1. The zero-order valence-electron chi connectivity index (χ0n) is 15.5. The first-order chi connectivity index (χ1) is 12.7. The van der Waals surface area contributed by atoms with Gasteiger partial charge >= 0.3 is 0 Å². The topological polar surface area (TPSA) is 63.9 Å². The molecule has 2 aromatic rings. The van der Waals surface area contributed by atoms with Crippen LogP contribution in [0.2, 0.25) is 0 Å². The molecule has 1 saturated heterocycles. The van der Waals surface area contributed by atoms with Crippen molar-refractivity contribution < 1.29 is 4.79 Å². The van der Waals surface area contributed by atoms with Crippen LogP contribution in [0.15, 0.2) is 5.51 Å². The maximum atomic E-state index is 12.6. The predicted molar refractivity (Wildman–Crippen MR) is 101 cm³/mol. The number of hydrogen-bond acceptors (Lipinski definition) is 5. The molecule has 2 aliphatic heterocycles. The molecule has 0 unspecified atom stereocenters. The number of rotatable bonds is 4. The summed E-state index contributed by atoms with van der Waals surface area (Å²) >= 11 is 1.65. The molecule has 26 heavy (non-hydrogen) atoms. The SMILES string of the molecule is Cc1ncsc1CCC(=O)N1CCC(c2nnc3n2CCCCC3)CC1. The molecule has 0 radical (unpaired) electrons. The summed E-state index contributed by atoms with van der Waals surface area (Å²) in [5.74, 6) is 3.05. The summed E-state index contributed by atoms with van der Waals surface area (Å²) < 4.78 is 2.36. The third-order valence-corrected chi connectivity index (χ3v) is 6.76. The molecular formula is C19H27N5OS. The van der Waals surface area contributed by atoms with Gasteiger partial charge in [0.15, 0.2) is 0 Å². The van der Waals surface area contributed by atoms with Crippen molar-refractivity contribution in [3.05, 3.63) is 27.7 Å². The van der Waals surface area contributed by atoms with Crippen LogP contribution in [0, 0.1) is 6.92 Å². The van der Waals surface area contributed by atoms with Gasteiger partial charge in [-0.2, -0.15) is 0 Å². The van der Waals surface area contributed by atoms with Crippen molar-refractivity contribution in [2.75, 3.05) is 13.1 Å². The number of nitrogens with zero attached hydrogens (tertiary/aromatic N) is 5. The number of aryl methyl sites for hydroxylation is 3. The second-order valence-electron chi connectivity index (χ2n) is 7.45. The van der Waals surface area contributed by atoms with Crippen LogP contribution in [0.3, 0.4) is 0 Å². The normalized spacial score (nSPS) is 18.6. The molecule has 0 N–H and O–H groups in total. The molecule has 7 heteroatoms. The number of aromatic nitrogens is 4. The Labute approximate surface area is 158 Å². The largest absolute Gasteiger partial charge is 0.343 e. The number of likely N-dealkylation sites (tertiary alicyclic amines) is 1. The molecule has 0 atom stereocenters. The highest BCUT2D eigenvalue weighted by Crippen LogP contribution is 2.29. The third-order valence-electron chi connectivity index (χ3n) is 5.76. The fourth-order valence-electron chi connectivity index (χ4n) is 4.14. The minimum atomic E-state index is 0.274. The Balaban J connectivity index is 1.32. The first-order valence-electron chi connectivity index (χ1n) is 9.81. The molecule has 1 fully saturated rings. The molecule has 0 spiro atoms. The number of piperidine rings is 1. The van der Waals surface area contributed by atoms with Crippen molar-refractivity contribution in [3.63, 3.8) is 0 Å². The number of hydrogen-bond donors (Lipinski definition) is 0. The van der Waals surface area contributed by atoms with Gasteiger partial charge in [-0.05, 0) is 39.0 Å². The van der Waals surface area contributed by atoms with Crippen LogP contribution in [0.5, 0.6) is 0 Å². The summed E-state index contributed by atoms with van der Waals surface area (Å²) in [5, 5.41) is 8.96. The molecule has 4 rings (SSSR count). The van der Waals surface area contributed by atoms with E-state index in [-0.39, 0.29) is 5.91 Å². The molecule has 140 valence electrons. The summed E-state index contributed by atoms with van der Waals surface area (Å²) in [5.41, 5.74) is 2.93. The van der Waals surface area contributed by atoms with Gasteiger partial charge in [-0.3, -0.25) is 4.79 Å². The second-order valence-corrected chi connectivity index (χ2v) is 8.39. The van der Waals surface area contributed by atoms with E-state index < -0.39 is 0 Å². The van der Waals surface area contributed by atoms with Gasteiger partial charge in [0.1, 0.15) is 11.6 Å². The lowest BCUT2D eigenvalue weighted by Crippen LogP contribution is -2.38. The van der Waals surface area contributed by atoms with E-state index in [0.29, 0.717) is 12.3 Å². The second kappa shape index (κ2) is 7.86. The van der Waals surface area contributed by atoms with Crippen LogP contribution in [0.4, 0.5) is 0 Å². The minimum absolute atomic E-state index is 0.274. The zero-order valence-corrected chi connectivity index (χ0v) is 16.3. The summed E-state index contributed by atoms with van der Waals surface area (Å²) in [7, 11) is 0. The average molecular weight is 374 g/mol. The highest BCUT2D eigenvalue weighted by atomic mass is 32.1. The highest BCUT2D eigenvalue weighted by molar-refractivity contribution is 7.09. The first kappa shape index (κ1) is 17.6. The van der Waals surface area contributed by atoms with Crippen LogP contribution < -0.4 is 0 Å². The Morgan fingerprint density at radius 1 is 1.19 bits per heavy atom. The third kappa shape index (κ3) is 3.68. The summed E-state index contributed by atoms with van der Waals surface area (Å²) in [6.07, 6.45) is 8.21.